The van der Waals surface area contributed by atoms with Crippen molar-refractivity contribution in [3.63, 3.8) is 0 Å². The van der Waals surface area contributed by atoms with Crippen molar-refractivity contribution in [1.29, 1.82) is 0 Å². The topological polar surface area (TPSA) is 38.3 Å². The van der Waals surface area contributed by atoms with E-state index in [1.54, 1.807) is 0 Å². The van der Waals surface area contributed by atoms with Crippen LogP contribution in [0.5, 0.6) is 0 Å². The largest absolute Gasteiger partial charge is 0.364 e. The van der Waals surface area contributed by atoms with Gasteiger partial charge < -0.3 is 10.1 Å². The number of nitrogens with one attached hydrogen (secondary N) is 1. The van der Waals surface area contributed by atoms with Crippen LogP contribution in [0.25, 0.3) is 0 Å². The molecule has 0 spiro atoms. The van der Waals surface area contributed by atoms with E-state index in [4.69, 9.17) is 4.74 Å². The second kappa shape index (κ2) is 3.18. The molecule has 1 aliphatic heterocycles. The molecule has 1 atom stereocenters. The highest BCUT2D eigenvalue weighted by atomic mass is 16.5. The number of carbonyl (C=O) groups excluding carboxylic acids is 1. The summed E-state index contributed by atoms with van der Waals surface area (Å²) in [7, 11) is 0. The number of hydrogen-bond acceptors (Lipinski definition) is 2. The first-order valence-electron chi connectivity index (χ1n) is 4.34. The fraction of sp³-hybridized carbons (Fsp3) is 0.300. The maximum Gasteiger partial charge on any atom is 0.258 e. The van der Waals surface area contributed by atoms with Gasteiger partial charge in [0.25, 0.3) is 5.91 Å². The van der Waals surface area contributed by atoms with E-state index in [1.807, 2.05) is 31.2 Å². The van der Waals surface area contributed by atoms with Crippen LogP contribution in [0.3, 0.4) is 0 Å². The fourth-order valence-electron chi connectivity index (χ4n) is 1.51. The average Bonchev–Trinajstić information content (AvgIpc) is 2.44. The van der Waals surface area contributed by atoms with Gasteiger partial charge in [-0.15, -0.1) is 0 Å². The van der Waals surface area contributed by atoms with Gasteiger partial charge in [-0.25, -0.2) is 0 Å². The minimum absolute atomic E-state index is 0.0666. The number of fused-ring (bicyclic) bond motifs is 1. The van der Waals surface area contributed by atoms with Crippen LogP contribution in [0.2, 0.25) is 0 Å². The molecular weight excluding hydrogens is 166 g/mol. The molecule has 1 N–H and O–H groups in total. The van der Waals surface area contributed by atoms with Crippen molar-refractivity contribution in [2.24, 2.45) is 0 Å². The Kier molecular flexibility index (Phi) is 2.02. The van der Waals surface area contributed by atoms with Gasteiger partial charge >= 0.3 is 0 Å². The van der Waals surface area contributed by atoms with Gasteiger partial charge in [-0.1, -0.05) is 18.2 Å². The van der Waals surface area contributed by atoms with Crippen molar-refractivity contribution >= 4 is 11.6 Å². The lowest BCUT2D eigenvalue weighted by molar-refractivity contribution is -0.126. The predicted molar refractivity (Wildman–Crippen MR) is 49.4 cm³/mol. The van der Waals surface area contributed by atoms with Crippen LogP contribution in [0.4, 0.5) is 5.69 Å². The third-order valence-corrected chi connectivity index (χ3v) is 2.07. The summed E-state index contributed by atoms with van der Waals surface area (Å²) in [5.74, 6) is -0.0666. The third kappa shape index (κ3) is 1.31. The van der Waals surface area contributed by atoms with E-state index in [0.29, 0.717) is 6.61 Å². The molecule has 0 fully saturated rings. The summed E-state index contributed by atoms with van der Waals surface area (Å²) >= 11 is 0. The molecule has 0 bridgehead atoms. The number of ether oxygens (including phenoxy) is 1. The third-order valence-electron chi connectivity index (χ3n) is 2.07. The summed E-state index contributed by atoms with van der Waals surface area (Å²) in [6.45, 7) is 2.43. The molecule has 1 heterocycles. The molecule has 13 heavy (non-hydrogen) atoms. The Balaban J connectivity index is 2.35. The first kappa shape index (κ1) is 8.26. The van der Waals surface area contributed by atoms with Crippen LogP contribution in [0.1, 0.15) is 18.6 Å². The molecule has 1 aromatic carbocycles. The molecule has 0 saturated heterocycles. The van der Waals surface area contributed by atoms with Crippen LogP contribution >= 0.6 is 0 Å². The highest BCUT2D eigenvalue weighted by Crippen LogP contribution is 2.32. The van der Waals surface area contributed by atoms with E-state index in [-0.39, 0.29) is 5.91 Å². The number of anilines is 1. The molecule has 2 rings (SSSR count). The van der Waals surface area contributed by atoms with Gasteiger partial charge in [-0.2, -0.15) is 0 Å². The Morgan fingerprint density at radius 3 is 3.00 bits per heavy atom. The highest BCUT2D eigenvalue weighted by Gasteiger charge is 2.30. The lowest BCUT2D eigenvalue weighted by atomic mass is 10.1. The fourth-order valence-corrected chi connectivity index (χ4v) is 1.51. The molecule has 1 aliphatic rings. The number of carbonyl (C=O) groups is 1. The van der Waals surface area contributed by atoms with Crippen molar-refractivity contribution in [1.82, 2.24) is 0 Å². The quantitative estimate of drug-likeness (QED) is 0.746. The van der Waals surface area contributed by atoms with Crippen LogP contribution < -0.4 is 5.32 Å². The van der Waals surface area contributed by atoms with Crippen LogP contribution in [-0.4, -0.2) is 12.5 Å². The highest BCUT2D eigenvalue weighted by molar-refractivity contribution is 6.01. The summed E-state index contributed by atoms with van der Waals surface area (Å²) in [4.78, 5) is 11.4. The van der Waals surface area contributed by atoms with Gasteiger partial charge in [-0.3, -0.25) is 4.79 Å². The standard InChI is InChI=1S/C10H11NO2/c1-2-13-9-7-5-3-4-6-8(7)11-10(9)12/h3-6,9H,2H2,1H3,(H,11,12). The van der Waals surface area contributed by atoms with Crippen molar-refractivity contribution < 1.29 is 9.53 Å². The zero-order valence-electron chi connectivity index (χ0n) is 7.41. The number of benzene rings is 1. The van der Waals surface area contributed by atoms with E-state index in [1.165, 1.54) is 0 Å². The molecule has 3 heteroatoms. The lowest BCUT2D eigenvalue weighted by Crippen LogP contribution is -2.14. The molecule has 1 unspecified atom stereocenters. The van der Waals surface area contributed by atoms with E-state index in [0.717, 1.165) is 11.3 Å². The monoisotopic (exact) mass is 177 g/mol. The molecular formula is C10H11NO2. The first-order chi connectivity index (χ1) is 6.33. The van der Waals surface area contributed by atoms with Crippen molar-refractivity contribution in [3.05, 3.63) is 29.8 Å². The van der Waals surface area contributed by atoms with Gasteiger partial charge in [0.05, 0.1) is 0 Å². The normalized spacial score (nSPS) is 19.8. The maximum absolute atomic E-state index is 11.4. The molecule has 0 radical (unpaired) electrons. The number of para-hydroxylation sites is 1. The summed E-state index contributed by atoms with van der Waals surface area (Å²) in [6, 6.07) is 7.60. The average molecular weight is 177 g/mol. The molecule has 1 aromatic rings. The Morgan fingerprint density at radius 1 is 1.46 bits per heavy atom. The Morgan fingerprint density at radius 2 is 2.23 bits per heavy atom. The maximum atomic E-state index is 11.4. The lowest BCUT2D eigenvalue weighted by Gasteiger charge is -2.07. The molecule has 3 nitrogen and oxygen atoms in total. The van der Waals surface area contributed by atoms with Crippen LogP contribution in [0, 0.1) is 0 Å². The number of hydrogen-bond donors (Lipinski definition) is 1. The van der Waals surface area contributed by atoms with E-state index in [9.17, 15) is 4.79 Å². The molecule has 0 aromatic heterocycles. The van der Waals surface area contributed by atoms with Gasteiger partial charge in [-0.05, 0) is 13.0 Å². The van der Waals surface area contributed by atoms with Gasteiger partial charge in [0.15, 0.2) is 6.10 Å². The molecule has 0 aliphatic carbocycles. The zero-order valence-corrected chi connectivity index (χ0v) is 7.41. The summed E-state index contributed by atoms with van der Waals surface area (Å²) in [5, 5.41) is 2.77. The second-order valence-electron chi connectivity index (χ2n) is 2.91. The smallest absolute Gasteiger partial charge is 0.258 e. The second-order valence-corrected chi connectivity index (χ2v) is 2.91. The van der Waals surface area contributed by atoms with Crippen LogP contribution in [-0.2, 0) is 9.53 Å². The predicted octanol–water partition coefficient (Wildman–Crippen LogP) is 1.72. The van der Waals surface area contributed by atoms with Crippen molar-refractivity contribution in [2.75, 3.05) is 11.9 Å². The summed E-state index contributed by atoms with van der Waals surface area (Å²) in [5.41, 5.74) is 1.81. The zero-order chi connectivity index (χ0) is 9.26. The number of amides is 1. The minimum Gasteiger partial charge on any atom is -0.364 e. The molecule has 0 saturated carbocycles. The summed E-state index contributed by atoms with van der Waals surface area (Å²) < 4.78 is 5.33. The minimum atomic E-state index is -0.416. The SMILES string of the molecule is CCOC1C(=O)Nc2ccccc21. The van der Waals surface area contributed by atoms with Gasteiger partial charge in [0.1, 0.15) is 0 Å². The number of rotatable bonds is 2. The first-order valence-corrected chi connectivity index (χ1v) is 4.34. The molecule has 1 amide bonds. The van der Waals surface area contributed by atoms with E-state index < -0.39 is 6.10 Å². The van der Waals surface area contributed by atoms with Gasteiger partial charge in [0, 0.05) is 17.9 Å². The Labute approximate surface area is 76.7 Å². The van der Waals surface area contributed by atoms with Crippen LogP contribution in [0.15, 0.2) is 24.3 Å². The molecule has 68 valence electrons. The summed E-state index contributed by atoms with van der Waals surface area (Å²) in [6.07, 6.45) is -0.416. The Hall–Kier alpha value is -1.35. The van der Waals surface area contributed by atoms with Crippen molar-refractivity contribution in [2.45, 2.75) is 13.0 Å². The van der Waals surface area contributed by atoms with Crippen molar-refractivity contribution in [3.8, 4) is 0 Å². The van der Waals surface area contributed by atoms with E-state index in [2.05, 4.69) is 5.32 Å². The van der Waals surface area contributed by atoms with E-state index >= 15 is 0 Å². The van der Waals surface area contributed by atoms with Gasteiger partial charge in [0.2, 0.25) is 0 Å². The Bertz CT molecular complexity index is 335.